The van der Waals surface area contributed by atoms with Crippen LogP contribution < -0.4 is 0 Å². The summed E-state index contributed by atoms with van der Waals surface area (Å²) >= 11 is 1.13. The Balaban J connectivity index is 1.21. The molecule has 2 aromatic heterocycles. The van der Waals surface area contributed by atoms with Gasteiger partial charge in [0, 0.05) is 92.5 Å². The number of nitrogens with zero attached hydrogens (tertiary/aromatic N) is 6. The first-order valence-corrected chi connectivity index (χ1v) is 20.3. The molecule has 6 rings (SSSR count). The smallest absolute Gasteiger partial charge is 0.396 e. The lowest BCUT2D eigenvalue weighted by molar-refractivity contribution is -0.139. The molecule has 0 spiro atoms. The highest BCUT2D eigenvalue weighted by Crippen LogP contribution is 2.40. The zero-order valence-corrected chi connectivity index (χ0v) is 30.4. The maximum Gasteiger partial charge on any atom is 0.417 e. The number of aromatic nitrogens is 3. The van der Waals surface area contributed by atoms with Crippen LogP contribution in [0.5, 0.6) is 0 Å². The lowest BCUT2D eigenvalue weighted by Crippen LogP contribution is -2.46. The number of aliphatic hydroxyl groups excluding tert-OH is 2. The second-order valence-electron chi connectivity index (χ2n) is 14.1. The lowest BCUT2D eigenvalue weighted by atomic mass is 9.87. The van der Waals surface area contributed by atoms with E-state index >= 15 is 0 Å². The van der Waals surface area contributed by atoms with Crippen molar-refractivity contribution in [3.63, 3.8) is 0 Å². The van der Waals surface area contributed by atoms with E-state index in [1.54, 1.807) is 16.9 Å². The number of sulfonamides is 1. The predicted octanol–water partition coefficient (Wildman–Crippen LogP) is 3.42. The fourth-order valence-electron chi connectivity index (χ4n) is 7.50. The number of piperidine rings is 2. The van der Waals surface area contributed by atoms with E-state index in [9.17, 15) is 36.9 Å². The molecule has 2 atom stereocenters. The highest BCUT2D eigenvalue weighted by Gasteiger charge is 2.37. The van der Waals surface area contributed by atoms with E-state index in [2.05, 4.69) is 14.8 Å². The summed E-state index contributed by atoms with van der Waals surface area (Å²) in [5.41, 5.74) is 1.10. The van der Waals surface area contributed by atoms with E-state index in [4.69, 9.17) is 5.10 Å². The first-order chi connectivity index (χ1) is 24.2. The van der Waals surface area contributed by atoms with Gasteiger partial charge in [0.15, 0.2) is 0 Å². The monoisotopic (exact) mass is 752 g/mol. The molecule has 280 valence electrons. The second-order valence-corrected chi connectivity index (χ2v) is 17.2. The first-order valence-electron chi connectivity index (χ1n) is 17.5. The van der Waals surface area contributed by atoms with Crippen LogP contribution in [0.15, 0.2) is 47.5 Å². The van der Waals surface area contributed by atoms with Crippen molar-refractivity contribution in [1.29, 1.82) is 0 Å². The van der Waals surface area contributed by atoms with Gasteiger partial charge in [-0.05, 0) is 62.4 Å². The molecular formula is C35H47F3N6O5S2. The third-order valence-corrected chi connectivity index (χ3v) is 12.6. The third-order valence-electron chi connectivity index (χ3n) is 10.3. The van der Waals surface area contributed by atoms with Crippen LogP contribution in [0.1, 0.15) is 48.2 Å². The molecule has 51 heavy (non-hydrogen) atoms. The molecule has 11 nitrogen and oxygen atoms in total. The Hall–Kier alpha value is -2.57. The highest BCUT2D eigenvalue weighted by atomic mass is 32.2. The molecular weight excluding hydrogens is 706 g/mol. The standard InChI is InChI=1S/C35H47F3N6O5S2/c1-51(48,49)43-14-9-30-28(23-43)33(40-44(30)22-27(46)21-42-15-10-34(47,11-16-42)32-6-2-3-12-39-32)26-7-8-29(35(36,37)38)31(19-26)50-18-17-41-13-4-5-25(20-41)24-45/h2-3,6-8,12,19,25,27,45-47H,4-5,9-11,13-18,20-24H2,1H3. The van der Waals surface area contributed by atoms with Gasteiger partial charge < -0.3 is 25.1 Å². The molecule has 0 aliphatic carbocycles. The fraction of sp³-hybridized carbons (Fsp3) is 0.600. The number of thioether (sulfide) groups is 1. The van der Waals surface area contributed by atoms with Crippen LogP contribution in [0, 0.1) is 5.92 Å². The predicted molar refractivity (Wildman–Crippen MR) is 188 cm³/mol. The van der Waals surface area contributed by atoms with Crippen LogP contribution in [0.4, 0.5) is 13.2 Å². The van der Waals surface area contributed by atoms with Crippen molar-refractivity contribution in [2.75, 3.05) is 64.4 Å². The number of β-amino-alcohol motifs (C(OH)–C–C–N with tert-alkyl or cyclic N) is 1. The normalized spacial score (nSPS) is 21.4. The van der Waals surface area contributed by atoms with Crippen LogP contribution in [-0.4, -0.2) is 123 Å². The van der Waals surface area contributed by atoms with Crippen molar-refractivity contribution >= 4 is 21.8 Å². The van der Waals surface area contributed by atoms with Crippen LogP contribution >= 0.6 is 11.8 Å². The molecule has 2 fully saturated rings. The van der Waals surface area contributed by atoms with Gasteiger partial charge in [-0.15, -0.1) is 11.8 Å². The van der Waals surface area contributed by atoms with Crippen LogP contribution in [0.2, 0.25) is 0 Å². The molecule has 3 aliphatic rings. The number of fused-ring (bicyclic) bond motifs is 1. The van der Waals surface area contributed by atoms with Crippen LogP contribution in [0.25, 0.3) is 11.3 Å². The number of aliphatic hydroxyl groups is 3. The summed E-state index contributed by atoms with van der Waals surface area (Å²) < 4.78 is 70.7. The Bertz CT molecular complexity index is 1750. The van der Waals surface area contributed by atoms with Gasteiger partial charge in [0.05, 0.1) is 35.9 Å². The Morgan fingerprint density at radius 3 is 2.55 bits per heavy atom. The number of hydrogen-bond acceptors (Lipinski definition) is 10. The molecule has 0 radical (unpaired) electrons. The van der Waals surface area contributed by atoms with Gasteiger partial charge in [0.1, 0.15) is 5.60 Å². The number of likely N-dealkylation sites (tertiary alicyclic amines) is 2. The van der Waals surface area contributed by atoms with Crippen molar-refractivity contribution in [2.24, 2.45) is 5.92 Å². The Kier molecular flexibility index (Phi) is 11.8. The largest absolute Gasteiger partial charge is 0.417 e. The molecule has 0 bridgehead atoms. The number of alkyl halides is 3. The van der Waals surface area contributed by atoms with Gasteiger partial charge in [0.2, 0.25) is 10.0 Å². The SMILES string of the molecule is CS(=O)(=O)N1CCc2c(c(-c3ccc(C(F)(F)F)c(SCCN4CCCC(CO)C4)c3)nn2CC(O)CN2CCC(O)(c3ccccn3)CC2)C1. The van der Waals surface area contributed by atoms with E-state index in [0.717, 1.165) is 55.7 Å². The van der Waals surface area contributed by atoms with E-state index in [1.807, 2.05) is 12.1 Å². The van der Waals surface area contributed by atoms with E-state index in [1.165, 1.54) is 16.4 Å². The quantitative estimate of drug-likeness (QED) is 0.237. The van der Waals surface area contributed by atoms with Crippen molar-refractivity contribution < 1.29 is 36.9 Å². The van der Waals surface area contributed by atoms with Crippen molar-refractivity contribution in [2.45, 2.75) is 68.0 Å². The minimum Gasteiger partial charge on any atom is -0.396 e. The number of halogens is 3. The minimum atomic E-state index is -4.56. The molecule has 3 aromatic rings. The highest BCUT2D eigenvalue weighted by molar-refractivity contribution is 7.99. The van der Waals surface area contributed by atoms with Gasteiger partial charge in [-0.25, -0.2) is 8.42 Å². The maximum atomic E-state index is 14.2. The van der Waals surface area contributed by atoms with Crippen LogP contribution in [-0.2, 0) is 41.3 Å². The average molecular weight is 753 g/mol. The topological polar surface area (TPSA) is 135 Å². The molecule has 3 N–H and O–H groups in total. The molecule has 0 amide bonds. The molecule has 2 unspecified atom stereocenters. The molecule has 1 aromatic carbocycles. The molecule has 3 aliphatic heterocycles. The molecule has 0 saturated carbocycles. The zero-order chi connectivity index (χ0) is 36.4. The fourth-order valence-corrected chi connectivity index (χ4v) is 9.40. The summed E-state index contributed by atoms with van der Waals surface area (Å²) in [6, 6.07) is 9.43. The van der Waals surface area contributed by atoms with Crippen molar-refractivity contribution in [3.05, 3.63) is 65.1 Å². The third kappa shape index (κ3) is 9.15. The second kappa shape index (κ2) is 15.8. The number of pyridine rings is 1. The van der Waals surface area contributed by atoms with E-state index < -0.39 is 33.5 Å². The summed E-state index contributed by atoms with van der Waals surface area (Å²) in [6.45, 7) is 4.08. The van der Waals surface area contributed by atoms with Gasteiger partial charge in [-0.2, -0.15) is 22.6 Å². The van der Waals surface area contributed by atoms with Gasteiger partial charge >= 0.3 is 6.18 Å². The molecule has 16 heteroatoms. The zero-order valence-electron chi connectivity index (χ0n) is 28.8. The maximum absolute atomic E-state index is 14.2. The molecule has 5 heterocycles. The lowest BCUT2D eigenvalue weighted by Gasteiger charge is -2.38. The Morgan fingerprint density at radius 1 is 1.08 bits per heavy atom. The summed E-state index contributed by atoms with van der Waals surface area (Å²) in [6.07, 6.45) is 0.560. The van der Waals surface area contributed by atoms with Gasteiger partial charge in [-0.1, -0.05) is 12.1 Å². The van der Waals surface area contributed by atoms with Gasteiger partial charge in [-0.3, -0.25) is 9.67 Å². The van der Waals surface area contributed by atoms with Gasteiger partial charge in [0.25, 0.3) is 0 Å². The number of benzene rings is 1. The van der Waals surface area contributed by atoms with Crippen molar-refractivity contribution in [3.8, 4) is 11.3 Å². The summed E-state index contributed by atoms with van der Waals surface area (Å²) in [5.74, 6) is 0.613. The average Bonchev–Trinajstić information content (AvgIpc) is 3.46. The summed E-state index contributed by atoms with van der Waals surface area (Å²) in [4.78, 5) is 8.67. The number of rotatable bonds is 12. The first kappa shape index (κ1) is 38.2. The minimum absolute atomic E-state index is 0.0301. The molecule has 2 saturated heterocycles. The Morgan fingerprint density at radius 2 is 1.86 bits per heavy atom. The van der Waals surface area contributed by atoms with E-state index in [-0.39, 0.29) is 37.1 Å². The van der Waals surface area contributed by atoms with Crippen molar-refractivity contribution in [1.82, 2.24) is 28.9 Å². The summed E-state index contributed by atoms with van der Waals surface area (Å²) in [7, 11) is -3.55. The van der Waals surface area contributed by atoms with Crippen LogP contribution in [0.3, 0.4) is 0 Å². The Labute approximate surface area is 301 Å². The summed E-state index contributed by atoms with van der Waals surface area (Å²) in [5, 5.41) is 36.8. The number of hydrogen-bond donors (Lipinski definition) is 3. The van der Waals surface area contributed by atoms with E-state index in [0.29, 0.717) is 73.7 Å².